The van der Waals surface area contributed by atoms with Crippen molar-refractivity contribution in [3.05, 3.63) is 59.1 Å². The minimum atomic E-state index is -4.00. The highest BCUT2D eigenvalue weighted by atomic mass is 35.5. The summed E-state index contributed by atoms with van der Waals surface area (Å²) in [7, 11) is -2.37. The van der Waals surface area contributed by atoms with Crippen LogP contribution in [0.1, 0.15) is 31.2 Å². The average molecular weight is 451 g/mol. The number of carbonyl (C=O) groups excluding carboxylic acids is 1. The molecular weight excluding hydrogens is 424 g/mol. The van der Waals surface area contributed by atoms with Crippen molar-refractivity contribution in [2.75, 3.05) is 17.9 Å². The van der Waals surface area contributed by atoms with Crippen LogP contribution in [0.4, 0.5) is 5.69 Å². The molecule has 2 aromatic carbocycles. The van der Waals surface area contributed by atoms with E-state index < -0.39 is 16.1 Å². The summed E-state index contributed by atoms with van der Waals surface area (Å²) in [6.45, 7) is 1.50. The molecule has 6 nitrogen and oxygen atoms in total. The molecule has 162 valence electrons. The minimum Gasteiger partial charge on any atom is -0.391 e. The van der Waals surface area contributed by atoms with Crippen LogP contribution in [0.25, 0.3) is 0 Å². The monoisotopic (exact) mass is 450 g/mol. The zero-order valence-electron chi connectivity index (χ0n) is 17.2. The zero-order valence-corrected chi connectivity index (χ0v) is 18.7. The number of rotatable bonds is 6. The SMILES string of the molecule is Cc1ccc(S(=O)(=O)N(CC(=O)N(C)C2CCCCC2O)c2cccc(Cl)c2)cc1. The van der Waals surface area contributed by atoms with Gasteiger partial charge in [0.25, 0.3) is 10.0 Å². The normalized spacial score (nSPS) is 19.3. The van der Waals surface area contributed by atoms with Crippen molar-refractivity contribution in [3.8, 4) is 0 Å². The Hall–Kier alpha value is -2.09. The molecule has 8 heteroatoms. The van der Waals surface area contributed by atoms with Crippen LogP contribution in [0.15, 0.2) is 53.4 Å². The number of sulfonamides is 1. The molecule has 1 saturated carbocycles. The van der Waals surface area contributed by atoms with E-state index in [0.717, 1.165) is 22.7 Å². The van der Waals surface area contributed by atoms with Gasteiger partial charge in [-0.05, 0) is 50.1 Å². The van der Waals surface area contributed by atoms with Crippen molar-refractivity contribution in [2.24, 2.45) is 0 Å². The van der Waals surface area contributed by atoms with Crippen molar-refractivity contribution in [3.63, 3.8) is 0 Å². The van der Waals surface area contributed by atoms with Gasteiger partial charge < -0.3 is 10.0 Å². The summed E-state index contributed by atoms with van der Waals surface area (Å²) in [6, 6.07) is 12.6. The third-order valence-electron chi connectivity index (χ3n) is 5.57. The molecule has 1 N–H and O–H groups in total. The number of aliphatic hydroxyl groups is 1. The van der Waals surface area contributed by atoms with Gasteiger partial charge in [-0.3, -0.25) is 9.10 Å². The highest BCUT2D eigenvalue weighted by Gasteiger charge is 2.33. The quantitative estimate of drug-likeness (QED) is 0.729. The summed E-state index contributed by atoms with van der Waals surface area (Å²) in [5.41, 5.74) is 1.25. The van der Waals surface area contributed by atoms with E-state index in [2.05, 4.69) is 0 Å². The zero-order chi connectivity index (χ0) is 21.9. The molecular formula is C22H27ClN2O4S. The molecule has 2 aromatic rings. The van der Waals surface area contributed by atoms with E-state index in [1.165, 1.54) is 23.1 Å². The Balaban J connectivity index is 1.94. The molecule has 1 amide bonds. The Bertz CT molecular complexity index is 994. The van der Waals surface area contributed by atoms with Crippen LogP contribution in [0.2, 0.25) is 5.02 Å². The summed E-state index contributed by atoms with van der Waals surface area (Å²) < 4.78 is 27.9. The Morgan fingerprint density at radius 3 is 2.43 bits per heavy atom. The van der Waals surface area contributed by atoms with Crippen molar-refractivity contribution in [2.45, 2.75) is 49.6 Å². The molecule has 3 rings (SSSR count). The molecule has 0 radical (unpaired) electrons. The van der Waals surface area contributed by atoms with Crippen LogP contribution < -0.4 is 4.31 Å². The largest absolute Gasteiger partial charge is 0.391 e. The molecule has 1 aliphatic carbocycles. The van der Waals surface area contributed by atoms with Crippen LogP contribution in [0.5, 0.6) is 0 Å². The summed E-state index contributed by atoms with van der Waals surface area (Å²) in [4.78, 5) is 14.6. The molecule has 30 heavy (non-hydrogen) atoms. The van der Waals surface area contributed by atoms with E-state index in [4.69, 9.17) is 11.6 Å². The highest BCUT2D eigenvalue weighted by molar-refractivity contribution is 7.92. The van der Waals surface area contributed by atoms with E-state index in [9.17, 15) is 18.3 Å². The molecule has 1 fully saturated rings. The first-order chi connectivity index (χ1) is 14.2. The van der Waals surface area contributed by atoms with Crippen LogP contribution in [-0.4, -0.2) is 50.1 Å². The van der Waals surface area contributed by atoms with E-state index >= 15 is 0 Å². The third kappa shape index (κ3) is 4.96. The van der Waals surface area contributed by atoms with Crippen molar-refractivity contribution < 1.29 is 18.3 Å². The third-order valence-corrected chi connectivity index (χ3v) is 7.59. The maximum Gasteiger partial charge on any atom is 0.264 e. The van der Waals surface area contributed by atoms with Crippen LogP contribution in [0.3, 0.4) is 0 Å². The van der Waals surface area contributed by atoms with Gasteiger partial charge in [0.15, 0.2) is 0 Å². The number of nitrogens with zero attached hydrogens (tertiary/aromatic N) is 2. The predicted octanol–water partition coefficient (Wildman–Crippen LogP) is 3.61. The topological polar surface area (TPSA) is 77.9 Å². The number of hydrogen-bond donors (Lipinski definition) is 1. The molecule has 0 spiro atoms. The lowest BCUT2D eigenvalue weighted by Gasteiger charge is -2.36. The van der Waals surface area contributed by atoms with Gasteiger partial charge in [0.1, 0.15) is 6.54 Å². The number of benzene rings is 2. The van der Waals surface area contributed by atoms with Gasteiger partial charge in [-0.1, -0.05) is 48.2 Å². The van der Waals surface area contributed by atoms with E-state index in [1.54, 1.807) is 37.4 Å². The second kappa shape index (κ2) is 9.37. The van der Waals surface area contributed by atoms with Gasteiger partial charge in [-0.25, -0.2) is 8.42 Å². The lowest BCUT2D eigenvalue weighted by atomic mass is 9.91. The van der Waals surface area contributed by atoms with Gasteiger partial charge in [-0.15, -0.1) is 0 Å². The fourth-order valence-corrected chi connectivity index (χ4v) is 5.34. The first-order valence-corrected chi connectivity index (χ1v) is 11.8. The predicted molar refractivity (Wildman–Crippen MR) is 118 cm³/mol. The van der Waals surface area contributed by atoms with Crippen LogP contribution >= 0.6 is 11.6 Å². The van der Waals surface area contributed by atoms with Crippen LogP contribution in [0, 0.1) is 6.92 Å². The Kier molecular flexibility index (Phi) is 7.06. The number of anilines is 1. The first-order valence-electron chi connectivity index (χ1n) is 9.99. The number of hydrogen-bond acceptors (Lipinski definition) is 4. The lowest BCUT2D eigenvalue weighted by Crippen LogP contribution is -2.50. The number of carbonyl (C=O) groups is 1. The fourth-order valence-electron chi connectivity index (χ4n) is 3.75. The van der Waals surface area contributed by atoms with Gasteiger partial charge in [0, 0.05) is 12.1 Å². The molecule has 2 unspecified atom stereocenters. The van der Waals surface area contributed by atoms with E-state index in [-0.39, 0.29) is 23.4 Å². The van der Waals surface area contributed by atoms with E-state index in [1.807, 2.05) is 6.92 Å². The maximum atomic E-state index is 13.4. The first kappa shape index (κ1) is 22.6. The number of amides is 1. The Labute approximate surface area is 183 Å². The summed E-state index contributed by atoms with van der Waals surface area (Å²) in [5.74, 6) is -0.378. The smallest absolute Gasteiger partial charge is 0.264 e. The van der Waals surface area contributed by atoms with Gasteiger partial charge >= 0.3 is 0 Å². The molecule has 0 saturated heterocycles. The molecule has 0 bridgehead atoms. The number of halogens is 1. The lowest BCUT2D eigenvalue weighted by molar-refractivity contribution is -0.133. The molecule has 2 atom stereocenters. The fraction of sp³-hybridized carbons (Fsp3) is 0.409. The molecule has 0 heterocycles. The second-order valence-corrected chi connectivity index (χ2v) is 10.0. The van der Waals surface area contributed by atoms with Gasteiger partial charge in [0.05, 0.1) is 22.7 Å². The molecule has 1 aliphatic rings. The summed E-state index contributed by atoms with van der Waals surface area (Å²) in [6.07, 6.45) is 2.60. The maximum absolute atomic E-state index is 13.4. The number of likely N-dealkylation sites (N-methyl/N-ethyl adjacent to an activating group) is 1. The highest BCUT2D eigenvalue weighted by Crippen LogP contribution is 2.28. The van der Waals surface area contributed by atoms with Gasteiger partial charge in [-0.2, -0.15) is 0 Å². The second-order valence-electron chi connectivity index (χ2n) is 7.73. The Morgan fingerprint density at radius 1 is 1.13 bits per heavy atom. The summed E-state index contributed by atoms with van der Waals surface area (Å²) >= 11 is 6.10. The van der Waals surface area contributed by atoms with Crippen molar-refractivity contribution >= 4 is 33.2 Å². The molecule has 0 aromatic heterocycles. The van der Waals surface area contributed by atoms with Crippen LogP contribution in [-0.2, 0) is 14.8 Å². The Morgan fingerprint density at radius 2 is 1.80 bits per heavy atom. The van der Waals surface area contributed by atoms with E-state index in [0.29, 0.717) is 23.6 Å². The summed E-state index contributed by atoms with van der Waals surface area (Å²) in [5, 5.41) is 10.7. The molecule has 0 aliphatic heterocycles. The number of aryl methyl sites for hydroxylation is 1. The standard InChI is InChI=1S/C22H27ClN2O4S/c1-16-10-12-19(13-11-16)30(28,29)25(18-7-5-6-17(23)14-18)15-22(27)24(2)20-8-3-4-9-21(20)26/h5-7,10-14,20-21,26H,3-4,8-9,15H2,1-2H3. The average Bonchev–Trinajstić information content (AvgIpc) is 2.72. The number of aliphatic hydroxyl groups excluding tert-OH is 1. The van der Waals surface area contributed by atoms with Crippen molar-refractivity contribution in [1.29, 1.82) is 0 Å². The minimum absolute atomic E-state index is 0.0984. The van der Waals surface area contributed by atoms with Crippen molar-refractivity contribution in [1.82, 2.24) is 4.90 Å². The van der Waals surface area contributed by atoms with Gasteiger partial charge in [0.2, 0.25) is 5.91 Å².